The maximum atomic E-state index is 5.34. The van der Waals surface area contributed by atoms with Crippen molar-refractivity contribution in [3.8, 4) is 5.75 Å². The highest BCUT2D eigenvalue weighted by Gasteiger charge is 2.16. The van der Waals surface area contributed by atoms with Crippen LogP contribution in [0, 0.1) is 6.92 Å². The lowest BCUT2D eigenvalue weighted by molar-refractivity contribution is 0.414. The number of ether oxygens (including phenoxy) is 1. The first kappa shape index (κ1) is 14.2. The van der Waals surface area contributed by atoms with E-state index in [-0.39, 0.29) is 4.83 Å². The third-order valence-corrected chi connectivity index (χ3v) is 4.82. The summed E-state index contributed by atoms with van der Waals surface area (Å²) in [7, 11) is 1.70. The second kappa shape index (κ2) is 5.90. The standard InChI is InChI=1S/C19H17BrO/c1-13-10-11-14-6-3-4-9-17(14)18(13)19(20)15-7-5-8-16(12-15)21-2/h3-12,19H,1-2H3. The van der Waals surface area contributed by atoms with Crippen LogP contribution in [0.1, 0.15) is 21.5 Å². The highest BCUT2D eigenvalue weighted by molar-refractivity contribution is 9.09. The minimum atomic E-state index is 0.152. The molecule has 21 heavy (non-hydrogen) atoms. The van der Waals surface area contributed by atoms with Crippen LogP contribution in [0.3, 0.4) is 0 Å². The summed E-state index contributed by atoms with van der Waals surface area (Å²) in [5.74, 6) is 0.884. The number of aryl methyl sites for hydroxylation is 1. The summed E-state index contributed by atoms with van der Waals surface area (Å²) in [5.41, 5.74) is 3.81. The molecule has 0 radical (unpaired) electrons. The lowest BCUT2D eigenvalue weighted by atomic mass is 9.94. The van der Waals surface area contributed by atoms with Crippen molar-refractivity contribution in [3.63, 3.8) is 0 Å². The Morgan fingerprint density at radius 2 is 1.76 bits per heavy atom. The fourth-order valence-corrected chi connectivity index (χ4v) is 3.60. The summed E-state index contributed by atoms with van der Waals surface area (Å²) >= 11 is 3.87. The number of halogens is 1. The smallest absolute Gasteiger partial charge is 0.119 e. The number of hydrogen-bond acceptors (Lipinski definition) is 1. The van der Waals surface area contributed by atoms with Crippen LogP contribution in [-0.2, 0) is 0 Å². The van der Waals surface area contributed by atoms with Gasteiger partial charge >= 0.3 is 0 Å². The first-order valence-electron chi connectivity index (χ1n) is 6.97. The van der Waals surface area contributed by atoms with E-state index in [4.69, 9.17) is 4.74 Å². The molecule has 0 aliphatic heterocycles. The number of methoxy groups -OCH3 is 1. The van der Waals surface area contributed by atoms with Crippen LogP contribution in [0.15, 0.2) is 60.7 Å². The summed E-state index contributed by atoms with van der Waals surface area (Å²) in [6.07, 6.45) is 0. The average Bonchev–Trinajstić information content (AvgIpc) is 2.54. The Morgan fingerprint density at radius 3 is 2.57 bits per heavy atom. The van der Waals surface area contributed by atoms with E-state index in [1.807, 2.05) is 12.1 Å². The number of rotatable bonds is 3. The van der Waals surface area contributed by atoms with Crippen LogP contribution in [0.2, 0.25) is 0 Å². The largest absolute Gasteiger partial charge is 0.497 e. The van der Waals surface area contributed by atoms with E-state index < -0.39 is 0 Å². The van der Waals surface area contributed by atoms with Gasteiger partial charge < -0.3 is 4.74 Å². The minimum Gasteiger partial charge on any atom is -0.497 e. The van der Waals surface area contributed by atoms with E-state index >= 15 is 0 Å². The molecular weight excluding hydrogens is 324 g/mol. The highest BCUT2D eigenvalue weighted by atomic mass is 79.9. The summed E-state index contributed by atoms with van der Waals surface area (Å²) < 4.78 is 5.34. The van der Waals surface area contributed by atoms with Crippen LogP contribution in [0.4, 0.5) is 0 Å². The third kappa shape index (κ3) is 2.68. The molecule has 3 aromatic carbocycles. The molecule has 0 aliphatic carbocycles. The quantitative estimate of drug-likeness (QED) is 0.560. The van der Waals surface area contributed by atoms with Crippen LogP contribution in [-0.4, -0.2) is 7.11 Å². The van der Waals surface area contributed by atoms with Crippen molar-refractivity contribution < 1.29 is 4.74 Å². The molecule has 0 N–H and O–H groups in total. The molecule has 0 saturated carbocycles. The molecule has 0 heterocycles. The predicted octanol–water partition coefficient (Wildman–Crippen LogP) is 5.64. The van der Waals surface area contributed by atoms with Gasteiger partial charge in [0.05, 0.1) is 11.9 Å². The number of hydrogen-bond donors (Lipinski definition) is 0. The van der Waals surface area contributed by atoms with Gasteiger partial charge in [-0.2, -0.15) is 0 Å². The van der Waals surface area contributed by atoms with Crippen molar-refractivity contribution in [1.29, 1.82) is 0 Å². The molecule has 0 saturated heterocycles. The zero-order valence-corrected chi connectivity index (χ0v) is 13.7. The van der Waals surface area contributed by atoms with Crippen LogP contribution in [0.25, 0.3) is 10.8 Å². The number of fused-ring (bicyclic) bond motifs is 1. The van der Waals surface area contributed by atoms with E-state index in [2.05, 4.69) is 71.4 Å². The van der Waals surface area contributed by atoms with Gasteiger partial charge in [0, 0.05) is 0 Å². The van der Waals surface area contributed by atoms with Gasteiger partial charge in [0.15, 0.2) is 0 Å². The molecule has 106 valence electrons. The van der Waals surface area contributed by atoms with Crippen LogP contribution < -0.4 is 4.74 Å². The normalized spacial score (nSPS) is 12.3. The Morgan fingerprint density at radius 1 is 0.952 bits per heavy atom. The fourth-order valence-electron chi connectivity index (χ4n) is 2.71. The molecule has 0 fully saturated rings. The van der Waals surface area contributed by atoms with E-state index in [9.17, 15) is 0 Å². The van der Waals surface area contributed by atoms with E-state index in [0.29, 0.717) is 0 Å². The second-order valence-corrected chi connectivity index (χ2v) is 6.07. The van der Waals surface area contributed by atoms with Crippen molar-refractivity contribution in [2.45, 2.75) is 11.8 Å². The molecule has 3 aromatic rings. The van der Waals surface area contributed by atoms with E-state index in [1.165, 1.54) is 27.5 Å². The molecule has 0 bridgehead atoms. The average molecular weight is 341 g/mol. The molecule has 2 heteroatoms. The van der Waals surface area contributed by atoms with Crippen molar-refractivity contribution in [1.82, 2.24) is 0 Å². The van der Waals surface area contributed by atoms with Gasteiger partial charge in [0.2, 0.25) is 0 Å². The Hall–Kier alpha value is -1.80. The zero-order valence-electron chi connectivity index (χ0n) is 12.1. The molecule has 0 spiro atoms. The van der Waals surface area contributed by atoms with E-state index in [1.54, 1.807) is 7.11 Å². The van der Waals surface area contributed by atoms with Crippen LogP contribution >= 0.6 is 15.9 Å². The molecule has 0 aromatic heterocycles. The van der Waals surface area contributed by atoms with Gasteiger partial charge in [-0.1, -0.05) is 64.5 Å². The first-order chi connectivity index (χ1) is 10.2. The Bertz CT molecular complexity index is 779. The highest BCUT2D eigenvalue weighted by Crippen LogP contribution is 2.38. The maximum Gasteiger partial charge on any atom is 0.119 e. The molecule has 0 amide bonds. The van der Waals surface area contributed by atoms with E-state index in [0.717, 1.165) is 5.75 Å². The van der Waals surface area contributed by atoms with Crippen molar-refractivity contribution in [2.75, 3.05) is 7.11 Å². The lowest BCUT2D eigenvalue weighted by Crippen LogP contribution is -1.98. The second-order valence-electron chi connectivity index (χ2n) is 5.16. The lowest BCUT2D eigenvalue weighted by Gasteiger charge is -2.17. The summed E-state index contributed by atoms with van der Waals surface area (Å²) in [4.78, 5) is 0.152. The van der Waals surface area contributed by atoms with Gasteiger partial charge in [-0.15, -0.1) is 0 Å². The summed E-state index contributed by atoms with van der Waals surface area (Å²) in [5, 5.41) is 2.56. The molecule has 1 atom stereocenters. The molecule has 1 unspecified atom stereocenters. The minimum absolute atomic E-state index is 0.152. The van der Waals surface area contributed by atoms with Gasteiger partial charge in [-0.05, 0) is 46.5 Å². The van der Waals surface area contributed by atoms with Crippen molar-refractivity contribution in [3.05, 3.63) is 77.4 Å². The van der Waals surface area contributed by atoms with Gasteiger partial charge in [-0.3, -0.25) is 0 Å². The first-order valence-corrected chi connectivity index (χ1v) is 7.88. The Kier molecular flexibility index (Phi) is 3.98. The van der Waals surface area contributed by atoms with Crippen molar-refractivity contribution >= 4 is 26.7 Å². The van der Waals surface area contributed by atoms with Crippen molar-refractivity contribution in [2.24, 2.45) is 0 Å². The fraction of sp³-hybridized carbons (Fsp3) is 0.158. The SMILES string of the molecule is COc1cccc(C(Br)c2c(C)ccc3ccccc23)c1. The van der Waals surface area contributed by atoms with Gasteiger partial charge in [0.1, 0.15) is 5.75 Å². The summed E-state index contributed by atoms with van der Waals surface area (Å²) in [6.45, 7) is 2.16. The molecule has 0 aliphatic rings. The van der Waals surface area contributed by atoms with Gasteiger partial charge in [0.25, 0.3) is 0 Å². The zero-order chi connectivity index (χ0) is 14.8. The van der Waals surface area contributed by atoms with Crippen LogP contribution in [0.5, 0.6) is 5.75 Å². The van der Waals surface area contributed by atoms with Gasteiger partial charge in [-0.25, -0.2) is 0 Å². The Balaban J connectivity index is 2.16. The monoisotopic (exact) mass is 340 g/mol. The number of alkyl halides is 1. The summed E-state index contributed by atoms with van der Waals surface area (Å²) in [6, 6.07) is 21.1. The third-order valence-electron chi connectivity index (χ3n) is 3.83. The maximum absolute atomic E-state index is 5.34. The predicted molar refractivity (Wildman–Crippen MR) is 92.4 cm³/mol. The molecular formula is C19H17BrO. The molecule has 1 nitrogen and oxygen atoms in total. The Labute approximate surface area is 133 Å². The molecule has 3 rings (SSSR count). The topological polar surface area (TPSA) is 9.23 Å². The number of benzene rings is 3.